The number of carboxylic acid groups (broad SMARTS) is 1. The smallest absolute Gasteiger partial charge is 0.374 e. The topological polar surface area (TPSA) is 102 Å². The molecule has 0 atom stereocenters. The Balaban J connectivity index is 2.46. The molecular weight excluding hydrogens is 176 g/mol. The lowest BCUT2D eigenvalue weighted by Crippen LogP contribution is -2.24. The van der Waals surface area contributed by atoms with Crippen LogP contribution >= 0.6 is 0 Å². The average molecular weight is 186 g/mol. The van der Waals surface area contributed by atoms with Gasteiger partial charge in [0, 0.05) is 0 Å². The minimum Gasteiger partial charge on any atom is -0.475 e. The molecule has 1 rings (SSSR count). The van der Waals surface area contributed by atoms with Crippen LogP contribution in [-0.4, -0.2) is 22.9 Å². The first-order valence-electron chi connectivity index (χ1n) is 3.74. The summed E-state index contributed by atoms with van der Waals surface area (Å²) in [6, 6.07) is 0. The van der Waals surface area contributed by atoms with Gasteiger partial charge in [-0.3, -0.25) is 0 Å². The minimum absolute atomic E-state index is 0.484. The Kier molecular flexibility index (Phi) is 2.22. The highest BCUT2D eigenvalue weighted by atomic mass is 16.7. The van der Waals surface area contributed by atoms with Crippen molar-refractivity contribution in [3.05, 3.63) is 0 Å². The molecule has 0 aliphatic heterocycles. The van der Waals surface area contributed by atoms with Gasteiger partial charge < -0.3 is 15.7 Å². The molecule has 0 bridgehead atoms. The second kappa shape index (κ2) is 3.04. The van der Waals surface area contributed by atoms with Crippen LogP contribution in [-0.2, 0) is 14.4 Å². The van der Waals surface area contributed by atoms with Gasteiger partial charge in [-0.1, -0.05) is 5.16 Å². The fraction of sp³-hybridized carbons (Fsp3) is 0.571. The summed E-state index contributed by atoms with van der Waals surface area (Å²) in [6.45, 7) is 1.72. The van der Waals surface area contributed by atoms with Crippen LogP contribution in [0.3, 0.4) is 0 Å². The Labute approximate surface area is 74.3 Å². The normalized spacial score (nSPS) is 19.3. The maximum Gasteiger partial charge on any atom is 0.374 e. The second-order valence-corrected chi connectivity index (χ2v) is 3.22. The van der Waals surface area contributed by atoms with Crippen LogP contribution in [0.4, 0.5) is 0 Å². The second-order valence-electron chi connectivity index (χ2n) is 3.22. The first-order valence-corrected chi connectivity index (χ1v) is 3.74. The number of nitrogens with zero attached hydrogens (tertiary/aromatic N) is 1. The van der Waals surface area contributed by atoms with E-state index in [1.807, 2.05) is 0 Å². The Morgan fingerprint density at radius 2 is 2.08 bits per heavy atom. The summed E-state index contributed by atoms with van der Waals surface area (Å²) in [5.41, 5.74) is 4.42. The van der Waals surface area contributed by atoms with Crippen molar-refractivity contribution in [2.75, 3.05) is 0 Å². The molecule has 0 aromatic heterocycles. The number of aliphatic carboxylic acids is 1. The summed E-state index contributed by atoms with van der Waals surface area (Å²) >= 11 is 0. The van der Waals surface area contributed by atoms with Crippen molar-refractivity contribution >= 4 is 17.8 Å². The molecule has 0 unspecified atom stereocenters. The third kappa shape index (κ3) is 2.17. The summed E-state index contributed by atoms with van der Waals surface area (Å²) in [5.74, 6) is -2.66. The average Bonchev–Trinajstić information content (AvgIpc) is 2.79. The highest BCUT2D eigenvalue weighted by molar-refractivity contribution is 6.33. The van der Waals surface area contributed by atoms with Crippen molar-refractivity contribution in [1.82, 2.24) is 0 Å². The number of hydrogen-bond donors (Lipinski definition) is 2. The summed E-state index contributed by atoms with van der Waals surface area (Å²) in [4.78, 5) is 25.5. The number of oxime groups is 1. The molecule has 6 nitrogen and oxygen atoms in total. The van der Waals surface area contributed by atoms with Crippen molar-refractivity contribution in [3.63, 3.8) is 0 Å². The van der Waals surface area contributed by atoms with Crippen LogP contribution in [0, 0.1) is 5.41 Å². The molecule has 0 amide bonds. The Morgan fingerprint density at radius 3 is 2.46 bits per heavy atom. The summed E-state index contributed by atoms with van der Waals surface area (Å²) in [5, 5.41) is 11.2. The fourth-order valence-corrected chi connectivity index (χ4v) is 0.631. The van der Waals surface area contributed by atoms with Gasteiger partial charge in [-0.05, 0) is 19.8 Å². The highest BCUT2D eigenvalue weighted by Gasteiger charge is 2.47. The minimum atomic E-state index is -1.41. The van der Waals surface area contributed by atoms with Crippen molar-refractivity contribution in [2.45, 2.75) is 19.8 Å². The Morgan fingerprint density at radius 1 is 1.54 bits per heavy atom. The highest BCUT2D eigenvalue weighted by Crippen LogP contribution is 2.45. The largest absolute Gasteiger partial charge is 0.475 e. The SMILES string of the molecule is CC1(C(=O)O/N=C(\N)C(=O)O)CC1. The quantitative estimate of drug-likeness (QED) is 0.266. The number of nitrogens with two attached hydrogens (primary N) is 1. The number of hydrogen-bond acceptors (Lipinski definition) is 4. The van der Waals surface area contributed by atoms with E-state index in [9.17, 15) is 9.59 Å². The van der Waals surface area contributed by atoms with E-state index >= 15 is 0 Å². The maximum atomic E-state index is 11.1. The van der Waals surface area contributed by atoms with E-state index in [4.69, 9.17) is 10.8 Å². The predicted octanol–water partition coefficient (Wildman–Crippen LogP) is -0.314. The van der Waals surface area contributed by atoms with Gasteiger partial charge in [0.05, 0.1) is 5.41 Å². The summed E-state index contributed by atoms with van der Waals surface area (Å²) in [6.07, 6.45) is 1.49. The number of carboxylic acids is 1. The summed E-state index contributed by atoms with van der Waals surface area (Å²) in [7, 11) is 0. The zero-order chi connectivity index (χ0) is 10.1. The molecule has 1 saturated carbocycles. The molecule has 1 aliphatic rings. The Hall–Kier alpha value is -1.59. The molecule has 6 heteroatoms. The zero-order valence-electron chi connectivity index (χ0n) is 7.11. The van der Waals surface area contributed by atoms with Crippen LogP contribution in [0.25, 0.3) is 0 Å². The van der Waals surface area contributed by atoms with Gasteiger partial charge >= 0.3 is 11.9 Å². The van der Waals surface area contributed by atoms with E-state index in [1.165, 1.54) is 0 Å². The molecule has 0 saturated heterocycles. The van der Waals surface area contributed by atoms with Crippen LogP contribution in [0.1, 0.15) is 19.8 Å². The molecule has 0 radical (unpaired) electrons. The molecule has 0 spiro atoms. The number of rotatable bonds is 2. The van der Waals surface area contributed by atoms with Gasteiger partial charge in [0.1, 0.15) is 0 Å². The van der Waals surface area contributed by atoms with Gasteiger partial charge in [0.25, 0.3) is 0 Å². The van der Waals surface area contributed by atoms with Gasteiger partial charge in [-0.2, -0.15) is 0 Å². The van der Waals surface area contributed by atoms with E-state index in [0.29, 0.717) is 0 Å². The molecule has 1 aliphatic carbocycles. The van der Waals surface area contributed by atoms with Crippen LogP contribution < -0.4 is 5.73 Å². The van der Waals surface area contributed by atoms with Crippen LogP contribution in [0.5, 0.6) is 0 Å². The van der Waals surface area contributed by atoms with Crippen molar-refractivity contribution in [1.29, 1.82) is 0 Å². The van der Waals surface area contributed by atoms with Gasteiger partial charge in [0.2, 0.25) is 5.84 Å². The number of carbonyl (C=O) groups is 2. The van der Waals surface area contributed by atoms with Crippen molar-refractivity contribution in [3.8, 4) is 0 Å². The fourth-order valence-electron chi connectivity index (χ4n) is 0.631. The molecule has 72 valence electrons. The third-order valence-electron chi connectivity index (χ3n) is 1.94. The Bertz CT molecular complexity index is 280. The lowest BCUT2D eigenvalue weighted by atomic mass is 10.2. The zero-order valence-corrected chi connectivity index (χ0v) is 7.11. The third-order valence-corrected chi connectivity index (χ3v) is 1.94. The van der Waals surface area contributed by atoms with Crippen molar-refractivity contribution < 1.29 is 19.5 Å². The van der Waals surface area contributed by atoms with Crippen LogP contribution in [0.2, 0.25) is 0 Å². The van der Waals surface area contributed by atoms with Gasteiger partial charge in [0.15, 0.2) is 0 Å². The molecule has 3 N–H and O–H groups in total. The molecule has 0 heterocycles. The van der Waals surface area contributed by atoms with E-state index in [-0.39, 0.29) is 0 Å². The first-order chi connectivity index (χ1) is 5.96. The molecule has 1 fully saturated rings. The maximum absolute atomic E-state index is 11.1. The lowest BCUT2D eigenvalue weighted by Gasteiger charge is -2.02. The molecule has 13 heavy (non-hydrogen) atoms. The summed E-state index contributed by atoms with van der Waals surface area (Å²) < 4.78 is 0. The van der Waals surface area contributed by atoms with E-state index in [1.54, 1.807) is 6.92 Å². The number of carbonyl (C=O) groups excluding carboxylic acids is 1. The molecule has 0 aromatic rings. The lowest BCUT2D eigenvalue weighted by molar-refractivity contribution is -0.149. The van der Waals surface area contributed by atoms with Crippen molar-refractivity contribution in [2.24, 2.45) is 16.3 Å². The van der Waals surface area contributed by atoms with E-state index < -0.39 is 23.2 Å². The predicted molar refractivity (Wildman–Crippen MR) is 42.7 cm³/mol. The first kappa shape index (κ1) is 9.50. The van der Waals surface area contributed by atoms with E-state index in [2.05, 4.69) is 9.99 Å². The standard InChI is InChI=1S/C7H10N2O4/c1-7(2-3-7)6(12)13-9-4(8)5(10)11/h2-3H2,1H3,(H2,8,9)(H,10,11). The van der Waals surface area contributed by atoms with Crippen LogP contribution in [0.15, 0.2) is 5.16 Å². The monoisotopic (exact) mass is 186 g/mol. The molecule has 0 aromatic carbocycles. The number of amidine groups is 1. The van der Waals surface area contributed by atoms with Gasteiger partial charge in [-0.25, -0.2) is 9.59 Å². The van der Waals surface area contributed by atoms with Gasteiger partial charge in [-0.15, -0.1) is 0 Å². The molecular formula is C7H10N2O4. The van der Waals surface area contributed by atoms with E-state index in [0.717, 1.165) is 12.8 Å².